The van der Waals surface area contributed by atoms with Crippen LogP contribution in [-0.4, -0.2) is 35.5 Å². The third-order valence-corrected chi connectivity index (χ3v) is 5.12. The maximum absolute atomic E-state index is 12.5. The SMILES string of the molecule is O=C(O)CC(NS(=O)(=O)c1c[nH]c2ncccc12)C1CC1. The summed E-state index contributed by atoms with van der Waals surface area (Å²) >= 11 is 0. The first-order chi connectivity index (χ1) is 9.97. The van der Waals surface area contributed by atoms with Crippen LogP contribution in [0.5, 0.6) is 0 Å². The lowest BCUT2D eigenvalue weighted by molar-refractivity contribution is -0.137. The number of hydrogen-bond donors (Lipinski definition) is 3. The van der Waals surface area contributed by atoms with Gasteiger partial charge in [0.05, 0.1) is 6.42 Å². The highest BCUT2D eigenvalue weighted by atomic mass is 32.2. The summed E-state index contributed by atoms with van der Waals surface area (Å²) in [7, 11) is -3.78. The summed E-state index contributed by atoms with van der Waals surface area (Å²) in [5.74, 6) is -0.894. The van der Waals surface area contributed by atoms with E-state index < -0.39 is 22.0 Å². The zero-order valence-corrected chi connectivity index (χ0v) is 11.9. The molecule has 1 aliphatic carbocycles. The highest BCUT2D eigenvalue weighted by molar-refractivity contribution is 7.89. The van der Waals surface area contributed by atoms with Crippen LogP contribution in [0.25, 0.3) is 11.0 Å². The fourth-order valence-corrected chi connectivity index (χ4v) is 3.88. The number of carbonyl (C=O) groups is 1. The summed E-state index contributed by atoms with van der Waals surface area (Å²) in [6.45, 7) is 0. The fraction of sp³-hybridized carbons (Fsp3) is 0.385. The van der Waals surface area contributed by atoms with E-state index in [1.54, 1.807) is 18.3 Å². The van der Waals surface area contributed by atoms with Gasteiger partial charge in [-0.2, -0.15) is 0 Å². The Hall–Kier alpha value is -1.93. The monoisotopic (exact) mass is 309 g/mol. The lowest BCUT2D eigenvalue weighted by Gasteiger charge is -2.15. The molecular weight excluding hydrogens is 294 g/mol. The molecule has 0 aromatic carbocycles. The van der Waals surface area contributed by atoms with Crippen molar-refractivity contribution in [2.45, 2.75) is 30.2 Å². The summed E-state index contributed by atoms with van der Waals surface area (Å²) in [6, 6.07) is 2.76. The Morgan fingerprint density at radius 2 is 2.29 bits per heavy atom. The molecule has 1 unspecified atom stereocenters. The summed E-state index contributed by atoms with van der Waals surface area (Å²) < 4.78 is 27.5. The largest absolute Gasteiger partial charge is 0.481 e. The van der Waals surface area contributed by atoms with Crippen molar-refractivity contribution in [3.63, 3.8) is 0 Å². The van der Waals surface area contributed by atoms with E-state index in [0.29, 0.717) is 11.0 Å². The predicted octanol–water partition coefficient (Wildman–Crippen LogP) is 1.09. The van der Waals surface area contributed by atoms with Crippen molar-refractivity contribution in [2.75, 3.05) is 0 Å². The molecule has 2 heterocycles. The molecule has 1 saturated carbocycles. The van der Waals surface area contributed by atoms with Gasteiger partial charge in [-0.25, -0.2) is 18.1 Å². The van der Waals surface area contributed by atoms with Crippen molar-refractivity contribution in [1.29, 1.82) is 0 Å². The molecule has 112 valence electrons. The smallest absolute Gasteiger partial charge is 0.304 e. The quantitative estimate of drug-likeness (QED) is 0.739. The van der Waals surface area contributed by atoms with E-state index in [1.165, 1.54) is 6.20 Å². The molecule has 3 rings (SSSR count). The molecule has 0 aliphatic heterocycles. The zero-order valence-electron chi connectivity index (χ0n) is 11.1. The van der Waals surface area contributed by atoms with Crippen LogP contribution in [0, 0.1) is 5.92 Å². The normalized spacial score (nSPS) is 17.0. The van der Waals surface area contributed by atoms with Crippen LogP contribution in [0.15, 0.2) is 29.4 Å². The van der Waals surface area contributed by atoms with Crippen molar-refractivity contribution >= 4 is 27.0 Å². The molecule has 21 heavy (non-hydrogen) atoms. The van der Waals surface area contributed by atoms with Crippen molar-refractivity contribution < 1.29 is 18.3 Å². The van der Waals surface area contributed by atoms with E-state index in [2.05, 4.69) is 14.7 Å². The Labute approximate surface area is 121 Å². The second-order valence-electron chi connectivity index (χ2n) is 5.22. The van der Waals surface area contributed by atoms with Gasteiger partial charge < -0.3 is 10.1 Å². The van der Waals surface area contributed by atoms with E-state index in [-0.39, 0.29) is 17.2 Å². The molecule has 0 bridgehead atoms. The second kappa shape index (κ2) is 5.12. The van der Waals surface area contributed by atoms with Crippen LogP contribution in [0.3, 0.4) is 0 Å². The number of pyridine rings is 1. The maximum Gasteiger partial charge on any atom is 0.304 e. The second-order valence-corrected chi connectivity index (χ2v) is 6.90. The minimum absolute atomic E-state index is 0.0987. The van der Waals surface area contributed by atoms with Gasteiger partial charge in [0.2, 0.25) is 10.0 Å². The molecule has 2 aromatic rings. The standard InChI is InChI=1S/C13H15N3O4S/c17-12(18)6-10(8-3-4-8)16-21(19,20)11-7-15-13-9(11)2-1-5-14-13/h1-2,5,7-8,10,16H,3-4,6H2,(H,14,15)(H,17,18). The van der Waals surface area contributed by atoms with Crippen LogP contribution < -0.4 is 4.72 Å². The Kier molecular flexibility index (Phi) is 3.42. The van der Waals surface area contributed by atoms with E-state index in [1.807, 2.05) is 0 Å². The molecular formula is C13H15N3O4S. The summed E-state index contributed by atoms with van der Waals surface area (Å²) in [5.41, 5.74) is 0.485. The van der Waals surface area contributed by atoms with Crippen LogP contribution in [0.1, 0.15) is 19.3 Å². The van der Waals surface area contributed by atoms with Crippen molar-refractivity contribution in [3.05, 3.63) is 24.5 Å². The number of aromatic amines is 1. The van der Waals surface area contributed by atoms with Gasteiger partial charge in [-0.3, -0.25) is 4.79 Å². The first-order valence-electron chi connectivity index (χ1n) is 6.63. The number of nitrogens with zero attached hydrogens (tertiary/aromatic N) is 1. The lowest BCUT2D eigenvalue weighted by Crippen LogP contribution is -2.38. The molecule has 3 N–H and O–H groups in total. The van der Waals surface area contributed by atoms with E-state index in [4.69, 9.17) is 5.11 Å². The van der Waals surface area contributed by atoms with Gasteiger partial charge in [-0.1, -0.05) is 0 Å². The number of hydrogen-bond acceptors (Lipinski definition) is 4. The number of carboxylic acid groups (broad SMARTS) is 1. The number of H-pyrrole nitrogens is 1. The number of aromatic nitrogens is 2. The van der Waals surface area contributed by atoms with Crippen molar-refractivity contribution in [3.8, 4) is 0 Å². The number of sulfonamides is 1. The van der Waals surface area contributed by atoms with Crippen LogP contribution in [-0.2, 0) is 14.8 Å². The minimum Gasteiger partial charge on any atom is -0.481 e. The van der Waals surface area contributed by atoms with Crippen molar-refractivity contribution in [1.82, 2.24) is 14.7 Å². The Balaban J connectivity index is 1.90. The van der Waals surface area contributed by atoms with Crippen LogP contribution in [0.2, 0.25) is 0 Å². The maximum atomic E-state index is 12.5. The predicted molar refractivity (Wildman–Crippen MR) is 75.2 cm³/mol. The van der Waals surface area contributed by atoms with E-state index >= 15 is 0 Å². The average Bonchev–Trinajstić information content (AvgIpc) is 3.16. The van der Waals surface area contributed by atoms with Crippen LogP contribution >= 0.6 is 0 Å². The molecule has 0 radical (unpaired) electrons. The summed E-state index contributed by atoms with van der Waals surface area (Å²) in [5, 5.41) is 9.40. The van der Waals surface area contributed by atoms with Gasteiger partial charge in [0.15, 0.2) is 0 Å². The molecule has 0 saturated heterocycles. The van der Waals surface area contributed by atoms with Gasteiger partial charge in [0.25, 0.3) is 0 Å². The van der Waals surface area contributed by atoms with Gasteiger partial charge in [0.1, 0.15) is 10.5 Å². The van der Waals surface area contributed by atoms with Gasteiger partial charge >= 0.3 is 5.97 Å². The molecule has 0 amide bonds. The number of carboxylic acids is 1. The van der Waals surface area contributed by atoms with Gasteiger partial charge in [0, 0.05) is 23.8 Å². The van der Waals surface area contributed by atoms with Crippen molar-refractivity contribution in [2.24, 2.45) is 5.92 Å². The highest BCUT2D eigenvalue weighted by Gasteiger charge is 2.36. The minimum atomic E-state index is -3.78. The lowest BCUT2D eigenvalue weighted by atomic mass is 10.1. The average molecular weight is 309 g/mol. The van der Waals surface area contributed by atoms with E-state index in [0.717, 1.165) is 12.8 Å². The fourth-order valence-electron chi connectivity index (χ4n) is 2.41. The van der Waals surface area contributed by atoms with Gasteiger partial charge in [-0.05, 0) is 30.9 Å². The summed E-state index contributed by atoms with van der Waals surface area (Å²) in [4.78, 5) is 17.8. The Bertz CT molecular complexity index is 780. The number of fused-ring (bicyclic) bond motifs is 1. The molecule has 8 heteroatoms. The number of aliphatic carboxylic acids is 1. The molecule has 1 fully saturated rings. The third kappa shape index (κ3) is 2.91. The molecule has 2 aromatic heterocycles. The summed E-state index contributed by atoms with van der Waals surface area (Å²) in [6.07, 6.45) is 4.46. The third-order valence-electron chi connectivity index (χ3n) is 3.59. The Morgan fingerprint density at radius 3 is 2.95 bits per heavy atom. The first-order valence-corrected chi connectivity index (χ1v) is 8.12. The number of nitrogens with one attached hydrogen (secondary N) is 2. The van der Waals surface area contributed by atoms with Crippen LogP contribution in [0.4, 0.5) is 0 Å². The van der Waals surface area contributed by atoms with E-state index in [9.17, 15) is 13.2 Å². The zero-order chi connectivity index (χ0) is 15.0. The first kappa shape index (κ1) is 14.0. The Morgan fingerprint density at radius 1 is 1.52 bits per heavy atom. The highest BCUT2D eigenvalue weighted by Crippen LogP contribution is 2.35. The topological polar surface area (TPSA) is 112 Å². The van der Waals surface area contributed by atoms with Gasteiger partial charge in [-0.15, -0.1) is 0 Å². The molecule has 1 aliphatic rings. The number of rotatable bonds is 6. The molecule has 0 spiro atoms. The molecule has 1 atom stereocenters. The molecule has 7 nitrogen and oxygen atoms in total.